The van der Waals surface area contributed by atoms with E-state index in [2.05, 4.69) is 15.6 Å². The second kappa shape index (κ2) is 9.39. The van der Waals surface area contributed by atoms with Crippen LogP contribution in [0.25, 0.3) is 0 Å². The third-order valence-electron chi connectivity index (χ3n) is 3.81. The lowest BCUT2D eigenvalue weighted by Crippen LogP contribution is -2.39. The lowest BCUT2D eigenvalue weighted by Gasteiger charge is -2.18. The molecule has 2 aromatic rings. The molecule has 0 aliphatic heterocycles. The first-order valence-electron chi connectivity index (χ1n) is 7.97. The summed E-state index contributed by atoms with van der Waals surface area (Å²) in [4.78, 5) is 14.5. The molecule has 0 aromatic heterocycles. The average molecular weight is 342 g/mol. The number of non-ortho nitro benzene ring substituents is 1. The number of nitro groups is 1. The molecule has 0 aliphatic rings. The van der Waals surface area contributed by atoms with Crippen molar-refractivity contribution < 1.29 is 10.0 Å². The van der Waals surface area contributed by atoms with Gasteiger partial charge in [-0.2, -0.15) is 0 Å². The number of nitrogens with zero attached hydrogens (tertiary/aromatic N) is 2. The molecule has 0 saturated carbocycles. The first kappa shape index (κ1) is 18.4. The summed E-state index contributed by atoms with van der Waals surface area (Å²) in [6, 6.07) is 16.2. The van der Waals surface area contributed by atoms with E-state index in [1.165, 1.54) is 12.1 Å². The van der Waals surface area contributed by atoms with E-state index in [0.717, 1.165) is 11.1 Å². The predicted octanol–water partition coefficient (Wildman–Crippen LogP) is 2.04. The Hall–Kier alpha value is -2.93. The molecule has 0 spiro atoms. The summed E-state index contributed by atoms with van der Waals surface area (Å²) in [6.07, 6.45) is 0. The summed E-state index contributed by atoms with van der Waals surface area (Å²) < 4.78 is 0. The number of guanidine groups is 1. The number of nitrogens with one attached hydrogen (secondary N) is 2. The first-order valence-corrected chi connectivity index (χ1v) is 7.97. The molecule has 132 valence electrons. The summed E-state index contributed by atoms with van der Waals surface area (Å²) >= 11 is 0. The van der Waals surface area contributed by atoms with Crippen LogP contribution < -0.4 is 10.6 Å². The van der Waals surface area contributed by atoms with Gasteiger partial charge in [-0.05, 0) is 11.1 Å². The Labute approximate surface area is 146 Å². The van der Waals surface area contributed by atoms with E-state index in [4.69, 9.17) is 0 Å². The van der Waals surface area contributed by atoms with Crippen LogP contribution >= 0.6 is 0 Å². The highest BCUT2D eigenvalue weighted by Gasteiger charge is 2.11. The van der Waals surface area contributed by atoms with Gasteiger partial charge < -0.3 is 15.7 Å². The van der Waals surface area contributed by atoms with Gasteiger partial charge in [-0.3, -0.25) is 15.1 Å². The van der Waals surface area contributed by atoms with Crippen molar-refractivity contribution in [3.8, 4) is 0 Å². The number of rotatable bonds is 7. The molecule has 0 fully saturated rings. The van der Waals surface area contributed by atoms with Crippen LogP contribution in [0.15, 0.2) is 59.6 Å². The third-order valence-corrected chi connectivity index (χ3v) is 3.81. The van der Waals surface area contributed by atoms with Crippen LogP contribution in [-0.4, -0.2) is 36.2 Å². The van der Waals surface area contributed by atoms with Gasteiger partial charge in [-0.25, -0.2) is 0 Å². The summed E-state index contributed by atoms with van der Waals surface area (Å²) in [5, 5.41) is 26.7. The Balaban J connectivity index is 1.90. The molecule has 3 N–H and O–H groups in total. The van der Waals surface area contributed by atoms with E-state index in [9.17, 15) is 15.2 Å². The number of hydrogen-bond acceptors (Lipinski definition) is 4. The van der Waals surface area contributed by atoms with Crippen LogP contribution in [0.4, 0.5) is 5.69 Å². The molecule has 0 amide bonds. The summed E-state index contributed by atoms with van der Waals surface area (Å²) in [5.74, 6) is 0.526. The Morgan fingerprint density at radius 3 is 2.60 bits per heavy atom. The van der Waals surface area contributed by atoms with Gasteiger partial charge in [0.15, 0.2) is 5.96 Å². The molecule has 0 saturated heterocycles. The van der Waals surface area contributed by atoms with Gasteiger partial charge in [-0.1, -0.05) is 42.5 Å². The molecule has 7 nitrogen and oxygen atoms in total. The Morgan fingerprint density at radius 2 is 1.96 bits per heavy atom. The Kier molecular flexibility index (Phi) is 6.91. The summed E-state index contributed by atoms with van der Waals surface area (Å²) in [6.45, 7) is 0.963. The van der Waals surface area contributed by atoms with E-state index in [1.54, 1.807) is 13.1 Å². The smallest absolute Gasteiger partial charge is 0.269 e. The van der Waals surface area contributed by atoms with Gasteiger partial charge in [-0.15, -0.1) is 0 Å². The number of nitro benzene ring substituents is 1. The molecule has 25 heavy (non-hydrogen) atoms. The van der Waals surface area contributed by atoms with Crippen molar-refractivity contribution >= 4 is 11.6 Å². The molecule has 0 aliphatic carbocycles. The highest BCUT2D eigenvalue weighted by atomic mass is 16.6. The fourth-order valence-corrected chi connectivity index (χ4v) is 2.42. The number of aliphatic imine (C=N–C) groups is 1. The maximum Gasteiger partial charge on any atom is 0.269 e. The van der Waals surface area contributed by atoms with Crippen molar-refractivity contribution in [2.45, 2.75) is 12.5 Å². The predicted molar refractivity (Wildman–Crippen MR) is 97.6 cm³/mol. The van der Waals surface area contributed by atoms with Gasteiger partial charge in [0.2, 0.25) is 0 Å². The van der Waals surface area contributed by atoms with E-state index >= 15 is 0 Å². The normalized spacial score (nSPS) is 12.5. The summed E-state index contributed by atoms with van der Waals surface area (Å²) in [5.41, 5.74) is 1.90. The molecular weight excluding hydrogens is 320 g/mol. The monoisotopic (exact) mass is 342 g/mol. The molecular formula is C18H22N4O3. The third kappa shape index (κ3) is 5.58. The van der Waals surface area contributed by atoms with E-state index in [0.29, 0.717) is 19.0 Å². The molecule has 1 atom stereocenters. The maximum absolute atomic E-state index is 10.8. The zero-order chi connectivity index (χ0) is 18.1. The number of aliphatic hydroxyl groups excluding tert-OH is 1. The van der Waals surface area contributed by atoms with E-state index < -0.39 is 4.92 Å². The quantitative estimate of drug-likeness (QED) is 0.309. The number of aliphatic hydroxyl groups is 1. The molecule has 0 bridgehead atoms. The molecule has 2 rings (SSSR count). The first-order chi connectivity index (χ1) is 12.1. The van der Waals surface area contributed by atoms with Crippen molar-refractivity contribution in [3.63, 3.8) is 0 Å². The lowest BCUT2D eigenvalue weighted by atomic mass is 10.0. The molecule has 0 heterocycles. The molecule has 7 heteroatoms. The Morgan fingerprint density at radius 1 is 1.20 bits per heavy atom. The van der Waals surface area contributed by atoms with E-state index in [1.807, 2.05) is 36.4 Å². The second-order valence-corrected chi connectivity index (χ2v) is 5.52. The zero-order valence-electron chi connectivity index (χ0n) is 14.1. The standard InChI is InChI=1S/C18H22N4O3/c1-19-18(20-11-14-6-5-9-17(10-14)22(24)25)21-12-16(13-23)15-7-3-2-4-8-15/h2-10,16,23H,11-13H2,1H3,(H2,19,20,21). The minimum absolute atomic E-state index is 0.0267. The summed E-state index contributed by atoms with van der Waals surface area (Å²) in [7, 11) is 1.65. The van der Waals surface area contributed by atoms with Gasteiger partial charge in [0.05, 0.1) is 11.5 Å². The van der Waals surface area contributed by atoms with Crippen LogP contribution in [-0.2, 0) is 6.54 Å². The van der Waals surface area contributed by atoms with Crippen molar-refractivity contribution in [2.24, 2.45) is 4.99 Å². The maximum atomic E-state index is 10.8. The van der Waals surface area contributed by atoms with Gasteiger partial charge >= 0.3 is 0 Å². The molecule has 0 radical (unpaired) electrons. The van der Waals surface area contributed by atoms with Crippen molar-refractivity contribution in [3.05, 3.63) is 75.8 Å². The van der Waals surface area contributed by atoms with Gasteiger partial charge in [0.25, 0.3) is 5.69 Å². The highest BCUT2D eigenvalue weighted by Crippen LogP contribution is 2.14. The number of benzene rings is 2. The fraction of sp³-hybridized carbons (Fsp3) is 0.278. The minimum Gasteiger partial charge on any atom is -0.396 e. The van der Waals surface area contributed by atoms with E-state index in [-0.39, 0.29) is 18.2 Å². The van der Waals surface area contributed by atoms with Gasteiger partial charge in [0.1, 0.15) is 0 Å². The van der Waals surface area contributed by atoms with Crippen LogP contribution in [0.1, 0.15) is 17.0 Å². The molecule has 1 unspecified atom stereocenters. The van der Waals surface area contributed by atoms with Gasteiger partial charge in [0, 0.05) is 38.2 Å². The van der Waals surface area contributed by atoms with Crippen LogP contribution in [0.3, 0.4) is 0 Å². The molecule has 2 aromatic carbocycles. The minimum atomic E-state index is -0.414. The largest absolute Gasteiger partial charge is 0.396 e. The van der Waals surface area contributed by atoms with Crippen molar-refractivity contribution in [1.82, 2.24) is 10.6 Å². The van der Waals surface area contributed by atoms with Crippen LogP contribution in [0, 0.1) is 10.1 Å². The second-order valence-electron chi connectivity index (χ2n) is 5.52. The highest BCUT2D eigenvalue weighted by molar-refractivity contribution is 5.79. The van der Waals surface area contributed by atoms with Crippen molar-refractivity contribution in [1.29, 1.82) is 0 Å². The van der Waals surface area contributed by atoms with Crippen molar-refractivity contribution in [2.75, 3.05) is 20.2 Å². The average Bonchev–Trinajstić information content (AvgIpc) is 2.65. The fourth-order valence-electron chi connectivity index (χ4n) is 2.42. The number of hydrogen-bond donors (Lipinski definition) is 3. The Bertz CT molecular complexity index is 719. The SMILES string of the molecule is CN=C(NCc1cccc([N+](=O)[O-])c1)NCC(CO)c1ccccc1. The van der Waals surface area contributed by atoms with Crippen LogP contribution in [0.5, 0.6) is 0 Å². The lowest BCUT2D eigenvalue weighted by molar-refractivity contribution is -0.384. The topological polar surface area (TPSA) is 99.8 Å². The zero-order valence-corrected chi connectivity index (χ0v) is 14.1. The van der Waals surface area contributed by atoms with Crippen LogP contribution in [0.2, 0.25) is 0 Å².